The van der Waals surface area contributed by atoms with E-state index in [4.69, 9.17) is 16.6 Å². The Morgan fingerprint density at radius 1 is 1.53 bits per heavy atom. The molecule has 0 unspecified atom stereocenters. The summed E-state index contributed by atoms with van der Waals surface area (Å²) in [6, 6.07) is 1.94. The molecule has 0 atom stereocenters. The van der Waals surface area contributed by atoms with Crippen LogP contribution in [0.3, 0.4) is 0 Å². The number of pyridine rings is 1. The van der Waals surface area contributed by atoms with Crippen LogP contribution in [0.2, 0.25) is 0 Å². The van der Waals surface area contributed by atoms with Crippen molar-refractivity contribution in [2.24, 2.45) is 0 Å². The monoisotopic (exact) mass is 251 g/mol. The highest BCUT2D eigenvalue weighted by molar-refractivity contribution is 7.71. The lowest BCUT2D eigenvalue weighted by molar-refractivity contribution is 0.549. The van der Waals surface area contributed by atoms with Gasteiger partial charge in [0.25, 0.3) is 16.3 Å². The molecular formula is C11H13N3O2S. The predicted octanol–water partition coefficient (Wildman–Crippen LogP) is 2.20. The molecule has 2 aromatic heterocycles. The first-order chi connectivity index (χ1) is 8.04. The molecule has 0 amide bonds. The Hall–Kier alpha value is -1.69. The minimum absolute atomic E-state index is 0.102. The lowest BCUT2D eigenvalue weighted by Gasteiger charge is -2.10. The van der Waals surface area contributed by atoms with E-state index in [1.807, 2.05) is 26.8 Å². The summed E-state index contributed by atoms with van der Waals surface area (Å²) in [5.41, 5.74) is 2.12. The highest BCUT2D eigenvalue weighted by Gasteiger charge is 2.15. The molecule has 0 aliphatic carbocycles. The van der Waals surface area contributed by atoms with Crippen molar-refractivity contribution in [3.63, 3.8) is 0 Å². The van der Waals surface area contributed by atoms with Crippen molar-refractivity contribution in [3.8, 4) is 11.5 Å². The zero-order valence-corrected chi connectivity index (χ0v) is 10.7. The first-order valence-corrected chi connectivity index (χ1v) is 5.72. The van der Waals surface area contributed by atoms with Crippen LogP contribution >= 0.6 is 12.2 Å². The Morgan fingerprint density at radius 3 is 2.76 bits per heavy atom. The summed E-state index contributed by atoms with van der Waals surface area (Å²) in [5.74, 6) is 0.250. The van der Waals surface area contributed by atoms with Gasteiger partial charge in [-0.1, -0.05) is 0 Å². The van der Waals surface area contributed by atoms with Crippen LogP contribution in [-0.4, -0.2) is 14.8 Å². The van der Waals surface area contributed by atoms with Crippen LogP contribution in [0, 0.1) is 18.7 Å². The molecule has 17 heavy (non-hydrogen) atoms. The van der Waals surface area contributed by atoms with Gasteiger partial charge in [0.2, 0.25) is 0 Å². The van der Waals surface area contributed by atoms with Crippen molar-refractivity contribution in [2.75, 3.05) is 0 Å². The fourth-order valence-electron chi connectivity index (χ4n) is 1.92. The van der Waals surface area contributed by atoms with E-state index in [1.165, 1.54) is 0 Å². The van der Waals surface area contributed by atoms with Gasteiger partial charge in [-0.25, -0.2) is 5.10 Å². The second kappa shape index (κ2) is 4.29. The first kappa shape index (κ1) is 11.8. The lowest BCUT2D eigenvalue weighted by atomic mass is 10.1. The van der Waals surface area contributed by atoms with Crippen LogP contribution in [0.15, 0.2) is 15.3 Å². The van der Waals surface area contributed by atoms with E-state index < -0.39 is 0 Å². The summed E-state index contributed by atoms with van der Waals surface area (Å²) in [6.07, 6.45) is 0. The van der Waals surface area contributed by atoms with Gasteiger partial charge in [-0.05, 0) is 44.6 Å². The Bertz CT molecular complexity index is 666. The van der Waals surface area contributed by atoms with E-state index in [-0.39, 0.29) is 16.3 Å². The number of hydrogen-bond acceptors (Lipinski definition) is 4. The molecule has 2 aromatic rings. The number of hydrogen-bond donors (Lipinski definition) is 1. The van der Waals surface area contributed by atoms with Crippen LogP contribution < -0.4 is 5.56 Å². The van der Waals surface area contributed by atoms with Crippen LogP contribution in [0.1, 0.15) is 18.2 Å². The van der Waals surface area contributed by atoms with E-state index >= 15 is 0 Å². The normalized spacial score (nSPS) is 10.8. The molecule has 0 aliphatic rings. The molecule has 1 N–H and O–H groups in total. The van der Waals surface area contributed by atoms with E-state index in [9.17, 15) is 4.79 Å². The fraction of sp³-hybridized carbons (Fsp3) is 0.364. The average Bonchev–Trinajstić information content (AvgIpc) is 2.64. The van der Waals surface area contributed by atoms with Gasteiger partial charge in [0.05, 0.1) is 0 Å². The molecule has 0 aliphatic heterocycles. The van der Waals surface area contributed by atoms with E-state index in [1.54, 1.807) is 4.57 Å². The Kier molecular flexibility index (Phi) is 2.97. The van der Waals surface area contributed by atoms with Gasteiger partial charge < -0.3 is 8.98 Å². The maximum Gasteiger partial charge on any atom is 0.284 e. The lowest BCUT2D eigenvalue weighted by Crippen LogP contribution is -2.24. The van der Waals surface area contributed by atoms with Crippen molar-refractivity contribution in [3.05, 3.63) is 32.5 Å². The first-order valence-electron chi connectivity index (χ1n) is 5.31. The largest absolute Gasteiger partial charge is 0.409 e. The van der Waals surface area contributed by atoms with Gasteiger partial charge in [-0.2, -0.15) is 0 Å². The molecule has 0 spiro atoms. The minimum atomic E-state index is -0.102. The summed E-state index contributed by atoms with van der Waals surface area (Å²) in [6.45, 7) is 6.30. The Labute approximate surface area is 103 Å². The summed E-state index contributed by atoms with van der Waals surface area (Å²) in [7, 11) is 0. The standard InChI is InChI=1S/C11H13N3O2S/c1-4-14-7(3)5-6(2)8(10(14)15)9-12-13-11(17)16-9/h5H,4H2,1-3H3,(H,13,17). The third kappa shape index (κ3) is 1.95. The number of nitrogens with zero attached hydrogens (tertiary/aromatic N) is 2. The highest BCUT2D eigenvalue weighted by Crippen LogP contribution is 2.18. The van der Waals surface area contributed by atoms with E-state index in [0.717, 1.165) is 11.3 Å². The highest BCUT2D eigenvalue weighted by atomic mass is 32.1. The number of aromatic amines is 1. The molecule has 2 heterocycles. The summed E-state index contributed by atoms with van der Waals surface area (Å²) >= 11 is 4.81. The fourth-order valence-corrected chi connectivity index (χ4v) is 2.04. The molecule has 0 saturated carbocycles. The zero-order valence-electron chi connectivity index (χ0n) is 9.90. The van der Waals surface area contributed by atoms with Crippen molar-refractivity contribution in [1.29, 1.82) is 0 Å². The topological polar surface area (TPSA) is 63.8 Å². The number of H-pyrrole nitrogens is 1. The van der Waals surface area contributed by atoms with Gasteiger partial charge >= 0.3 is 0 Å². The Balaban J connectivity index is 2.78. The maximum absolute atomic E-state index is 12.3. The van der Waals surface area contributed by atoms with Crippen LogP contribution in [0.25, 0.3) is 11.5 Å². The second-order valence-corrected chi connectivity index (χ2v) is 4.18. The van der Waals surface area contributed by atoms with Gasteiger partial charge in [-0.3, -0.25) is 4.79 Å². The second-order valence-electron chi connectivity index (χ2n) is 3.81. The molecule has 0 bridgehead atoms. The molecule has 0 radical (unpaired) electrons. The molecule has 90 valence electrons. The van der Waals surface area contributed by atoms with Crippen molar-refractivity contribution in [1.82, 2.24) is 14.8 Å². The van der Waals surface area contributed by atoms with Gasteiger partial charge in [0, 0.05) is 12.2 Å². The average molecular weight is 251 g/mol. The van der Waals surface area contributed by atoms with Gasteiger partial charge in [0.1, 0.15) is 5.56 Å². The molecular weight excluding hydrogens is 238 g/mol. The van der Waals surface area contributed by atoms with E-state index in [2.05, 4.69) is 10.2 Å². The summed E-state index contributed by atoms with van der Waals surface area (Å²) < 4.78 is 6.88. The number of aryl methyl sites for hydroxylation is 2. The number of nitrogens with one attached hydrogen (secondary N) is 1. The molecule has 0 aromatic carbocycles. The van der Waals surface area contributed by atoms with Crippen LogP contribution in [-0.2, 0) is 6.54 Å². The summed E-state index contributed by atoms with van der Waals surface area (Å²) in [4.78, 5) is 12.4. The van der Waals surface area contributed by atoms with Crippen LogP contribution in [0.5, 0.6) is 0 Å². The minimum Gasteiger partial charge on any atom is -0.409 e. The third-order valence-corrected chi connectivity index (χ3v) is 2.85. The molecule has 5 nitrogen and oxygen atoms in total. The predicted molar refractivity (Wildman–Crippen MR) is 66.5 cm³/mol. The smallest absolute Gasteiger partial charge is 0.284 e. The van der Waals surface area contributed by atoms with Crippen molar-refractivity contribution < 1.29 is 4.42 Å². The van der Waals surface area contributed by atoms with Crippen molar-refractivity contribution >= 4 is 12.2 Å². The Morgan fingerprint density at radius 2 is 2.24 bits per heavy atom. The van der Waals surface area contributed by atoms with Crippen molar-refractivity contribution in [2.45, 2.75) is 27.3 Å². The quantitative estimate of drug-likeness (QED) is 0.831. The molecule has 0 fully saturated rings. The molecule has 6 heteroatoms. The SMILES string of the molecule is CCn1c(C)cc(C)c(-c2n[nH]c(=S)o2)c1=O. The number of rotatable bonds is 2. The van der Waals surface area contributed by atoms with Crippen LogP contribution in [0.4, 0.5) is 0 Å². The van der Waals surface area contributed by atoms with E-state index in [0.29, 0.717) is 12.1 Å². The van der Waals surface area contributed by atoms with Gasteiger partial charge in [-0.15, -0.1) is 5.10 Å². The summed E-state index contributed by atoms with van der Waals surface area (Å²) in [5, 5.41) is 6.43. The zero-order chi connectivity index (χ0) is 12.6. The molecule has 0 saturated heterocycles. The van der Waals surface area contributed by atoms with Gasteiger partial charge in [0.15, 0.2) is 0 Å². The third-order valence-electron chi connectivity index (χ3n) is 2.67. The maximum atomic E-state index is 12.3. The molecule has 2 rings (SSSR count). The number of aromatic nitrogens is 3.